The molecule has 0 aromatic rings. The highest BCUT2D eigenvalue weighted by atomic mass is 79.9. The van der Waals surface area contributed by atoms with E-state index in [0.29, 0.717) is 29.1 Å². The zero-order chi connectivity index (χ0) is 20.5. The topological polar surface area (TPSA) is 63.6 Å². The van der Waals surface area contributed by atoms with Gasteiger partial charge >= 0.3 is 5.97 Å². The second-order valence-electron chi connectivity index (χ2n) is 10.6. The maximum absolute atomic E-state index is 12.5. The highest BCUT2D eigenvalue weighted by Gasteiger charge is 2.69. The SMILES string of the molecule is CC(=O)OC1CCC2(C)C(CCC3C2CCC2(C)C3C[C@@H](Br)[C@]2(O)C(C)=O)C1. The highest BCUT2D eigenvalue weighted by Crippen LogP contribution is 2.69. The molecule has 4 saturated carbocycles. The first kappa shape index (κ1) is 20.8. The molecule has 0 bridgehead atoms. The van der Waals surface area contributed by atoms with Gasteiger partial charge in [0.05, 0.1) is 4.83 Å². The van der Waals surface area contributed by atoms with Crippen molar-refractivity contribution in [2.24, 2.45) is 34.5 Å². The summed E-state index contributed by atoms with van der Waals surface area (Å²) in [5.74, 6) is 2.00. The van der Waals surface area contributed by atoms with E-state index in [4.69, 9.17) is 4.74 Å². The zero-order valence-corrected chi connectivity index (χ0v) is 19.3. The molecule has 0 spiro atoms. The smallest absolute Gasteiger partial charge is 0.302 e. The standard InChI is InChI=1S/C23H35BrO4/c1-13(25)23(27)20(24)12-19-17-6-5-15-11-16(28-14(2)26)7-9-21(15,3)18(17)8-10-22(19,23)4/h15-20,27H,5-12H2,1-4H3/t15?,16?,17?,18?,19?,20-,21?,22?,23-/m1/s1. The fourth-order valence-electron chi connectivity index (χ4n) is 8.16. The van der Waals surface area contributed by atoms with Gasteiger partial charge < -0.3 is 9.84 Å². The van der Waals surface area contributed by atoms with E-state index in [9.17, 15) is 14.7 Å². The van der Waals surface area contributed by atoms with Gasteiger partial charge in [0.2, 0.25) is 0 Å². The van der Waals surface area contributed by atoms with Gasteiger partial charge in [0, 0.05) is 12.3 Å². The van der Waals surface area contributed by atoms with Crippen LogP contribution in [0.1, 0.15) is 79.1 Å². The van der Waals surface area contributed by atoms with Crippen molar-refractivity contribution < 1.29 is 19.4 Å². The molecule has 0 aromatic heterocycles. The van der Waals surface area contributed by atoms with E-state index in [0.717, 1.165) is 38.5 Å². The number of esters is 1. The molecule has 4 nitrogen and oxygen atoms in total. The number of carbonyl (C=O) groups is 2. The third-order valence-electron chi connectivity index (χ3n) is 9.66. The van der Waals surface area contributed by atoms with Crippen LogP contribution in [0.2, 0.25) is 0 Å². The Bertz CT molecular complexity index is 680. The Hall–Kier alpha value is -0.420. The summed E-state index contributed by atoms with van der Waals surface area (Å²) in [6.45, 7) is 7.71. The number of hydrogen-bond donors (Lipinski definition) is 1. The molecular weight excluding hydrogens is 420 g/mol. The van der Waals surface area contributed by atoms with Crippen molar-refractivity contribution in [1.29, 1.82) is 0 Å². The quantitative estimate of drug-likeness (QED) is 0.486. The van der Waals surface area contributed by atoms with Crippen LogP contribution < -0.4 is 0 Å². The van der Waals surface area contributed by atoms with Gasteiger partial charge in [-0.25, -0.2) is 0 Å². The molecule has 0 aliphatic heterocycles. The summed E-state index contributed by atoms with van der Waals surface area (Å²) >= 11 is 3.70. The predicted octanol–water partition coefficient (Wildman–Crippen LogP) is 4.65. The van der Waals surface area contributed by atoms with Crippen LogP contribution in [0.25, 0.3) is 0 Å². The van der Waals surface area contributed by atoms with Crippen LogP contribution in [-0.2, 0) is 14.3 Å². The Kier molecular flexibility index (Phi) is 5.06. The molecule has 28 heavy (non-hydrogen) atoms. The molecule has 4 aliphatic rings. The fourth-order valence-corrected chi connectivity index (χ4v) is 9.41. The second kappa shape index (κ2) is 6.80. The Morgan fingerprint density at radius 3 is 2.36 bits per heavy atom. The molecule has 1 N–H and O–H groups in total. The van der Waals surface area contributed by atoms with Crippen LogP contribution in [0.3, 0.4) is 0 Å². The summed E-state index contributed by atoms with van der Waals surface area (Å²) < 4.78 is 5.56. The van der Waals surface area contributed by atoms with E-state index in [-0.39, 0.29) is 28.1 Å². The summed E-state index contributed by atoms with van der Waals surface area (Å²) in [7, 11) is 0. The van der Waals surface area contributed by atoms with Gasteiger partial charge in [0.15, 0.2) is 5.78 Å². The lowest BCUT2D eigenvalue weighted by Crippen LogP contribution is -2.60. The van der Waals surface area contributed by atoms with Gasteiger partial charge in [-0.05, 0) is 87.4 Å². The lowest BCUT2D eigenvalue weighted by molar-refractivity contribution is -0.174. The number of hydrogen-bond acceptors (Lipinski definition) is 4. The van der Waals surface area contributed by atoms with Crippen LogP contribution in [0.15, 0.2) is 0 Å². The number of alkyl halides is 1. The summed E-state index contributed by atoms with van der Waals surface area (Å²) in [6, 6.07) is 0. The minimum absolute atomic E-state index is 0.0837. The van der Waals surface area contributed by atoms with Gasteiger partial charge in [0.25, 0.3) is 0 Å². The molecule has 158 valence electrons. The van der Waals surface area contributed by atoms with Crippen molar-refractivity contribution >= 4 is 27.7 Å². The normalized spacial score (nSPS) is 52.9. The van der Waals surface area contributed by atoms with E-state index in [2.05, 4.69) is 29.8 Å². The van der Waals surface area contributed by atoms with Crippen LogP contribution in [0.5, 0.6) is 0 Å². The molecule has 0 radical (unpaired) electrons. The van der Waals surface area contributed by atoms with Gasteiger partial charge in [-0.15, -0.1) is 0 Å². The predicted molar refractivity (Wildman–Crippen MR) is 111 cm³/mol. The first-order chi connectivity index (χ1) is 13.0. The van der Waals surface area contributed by atoms with Crippen LogP contribution in [0.4, 0.5) is 0 Å². The van der Waals surface area contributed by atoms with Crippen molar-refractivity contribution in [3.63, 3.8) is 0 Å². The molecule has 4 aliphatic carbocycles. The number of Topliss-reactive ketones (excluding diaryl/α,β-unsaturated/α-hetero) is 1. The molecule has 7 unspecified atom stereocenters. The molecule has 4 rings (SSSR count). The monoisotopic (exact) mass is 454 g/mol. The molecule has 0 amide bonds. The summed E-state index contributed by atoms with van der Waals surface area (Å²) in [6.07, 6.45) is 8.43. The first-order valence-corrected chi connectivity index (χ1v) is 12.0. The summed E-state index contributed by atoms with van der Waals surface area (Å²) in [5, 5.41) is 11.5. The Morgan fingerprint density at radius 1 is 1.00 bits per heavy atom. The minimum Gasteiger partial charge on any atom is -0.463 e. The molecule has 0 saturated heterocycles. The maximum atomic E-state index is 12.5. The third kappa shape index (κ3) is 2.71. The Morgan fingerprint density at radius 2 is 1.71 bits per heavy atom. The lowest BCUT2D eigenvalue weighted by atomic mass is 9.44. The highest BCUT2D eigenvalue weighted by molar-refractivity contribution is 9.09. The number of ketones is 1. The van der Waals surface area contributed by atoms with Crippen molar-refractivity contribution in [2.45, 2.75) is 95.6 Å². The maximum Gasteiger partial charge on any atom is 0.302 e. The largest absolute Gasteiger partial charge is 0.463 e. The Labute approximate surface area is 177 Å². The van der Waals surface area contributed by atoms with Crippen molar-refractivity contribution in [3.8, 4) is 0 Å². The van der Waals surface area contributed by atoms with Crippen molar-refractivity contribution in [1.82, 2.24) is 0 Å². The number of aliphatic hydroxyl groups is 1. The zero-order valence-electron chi connectivity index (χ0n) is 17.7. The van der Waals surface area contributed by atoms with Crippen LogP contribution in [-0.4, -0.2) is 33.4 Å². The van der Waals surface area contributed by atoms with Crippen LogP contribution in [0, 0.1) is 34.5 Å². The molecule has 4 fully saturated rings. The van der Waals surface area contributed by atoms with E-state index in [1.54, 1.807) is 6.92 Å². The van der Waals surface area contributed by atoms with Gasteiger partial charge in [-0.3, -0.25) is 9.59 Å². The molecule has 0 heterocycles. The van der Waals surface area contributed by atoms with E-state index in [1.165, 1.54) is 19.8 Å². The lowest BCUT2D eigenvalue weighted by Gasteiger charge is -2.61. The van der Waals surface area contributed by atoms with Crippen molar-refractivity contribution in [2.75, 3.05) is 0 Å². The number of carbonyl (C=O) groups excluding carboxylic acids is 2. The number of halogens is 1. The summed E-state index contributed by atoms with van der Waals surface area (Å²) in [5.41, 5.74) is -1.28. The fraction of sp³-hybridized carbons (Fsp3) is 0.913. The Balaban J connectivity index is 1.59. The third-order valence-corrected chi connectivity index (χ3v) is 10.7. The minimum atomic E-state index is -1.24. The van der Waals surface area contributed by atoms with Gasteiger partial charge in [-0.1, -0.05) is 29.8 Å². The average molecular weight is 455 g/mol. The van der Waals surface area contributed by atoms with Crippen molar-refractivity contribution in [3.05, 3.63) is 0 Å². The number of rotatable bonds is 2. The molecule has 5 heteroatoms. The summed E-state index contributed by atoms with van der Waals surface area (Å²) in [4.78, 5) is 23.8. The molecule has 0 aromatic carbocycles. The molecular formula is C23H35BrO4. The van der Waals surface area contributed by atoms with Gasteiger partial charge in [0.1, 0.15) is 11.7 Å². The van der Waals surface area contributed by atoms with E-state index in [1.807, 2.05) is 0 Å². The van der Waals surface area contributed by atoms with E-state index >= 15 is 0 Å². The molecule has 9 atom stereocenters. The average Bonchev–Trinajstić information content (AvgIpc) is 2.83. The van der Waals surface area contributed by atoms with Crippen LogP contribution >= 0.6 is 15.9 Å². The first-order valence-electron chi connectivity index (χ1n) is 11.1. The van der Waals surface area contributed by atoms with Gasteiger partial charge in [-0.2, -0.15) is 0 Å². The van der Waals surface area contributed by atoms with E-state index < -0.39 is 5.60 Å². The number of ether oxygens (including phenoxy) is 1. The second-order valence-corrected chi connectivity index (χ2v) is 11.8. The number of fused-ring (bicyclic) bond motifs is 5.